The van der Waals surface area contributed by atoms with Gasteiger partial charge in [-0.25, -0.2) is 0 Å². The summed E-state index contributed by atoms with van der Waals surface area (Å²) in [5.41, 5.74) is 1.19. The van der Waals surface area contributed by atoms with E-state index in [2.05, 4.69) is 5.32 Å². The zero-order chi connectivity index (χ0) is 12.4. The molecule has 0 saturated carbocycles. The fraction of sp³-hybridized carbons (Fsp3) is 0.500. The summed E-state index contributed by atoms with van der Waals surface area (Å²) in [7, 11) is 0. The quantitative estimate of drug-likeness (QED) is 0.823. The number of piperidine rings is 1. The Morgan fingerprint density at radius 3 is 3.11 bits per heavy atom. The SMILES string of the molecule is O=CC1CCCNC1Cc1ccc2c(c1)OCO2. The molecular formula is C14H17NO3. The van der Waals surface area contributed by atoms with E-state index >= 15 is 0 Å². The van der Waals surface area contributed by atoms with Gasteiger partial charge in [0.1, 0.15) is 6.29 Å². The van der Waals surface area contributed by atoms with E-state index in [9.17, 15) is 4.79 Å². The third-order valence-electron chi connectivity index (χ3n) is 3.70. The van der Waals surface area contributed by atoms with Gasteiger partial charge in [0.15, 0.2) is 11.5 Å². The summed E-state index contributed by atoms with van der Waals surface area (Å²) in [6.07, 6.45) is 4.02. The van der Waals surface area contributed by atoms with E-state index in [1.807, 2.05) is 18.2 Å². The van der Waals surface area contributed by atoms with Gasteiger partial charge < -0.3 is 19.6 Å². The highest BCUT2D eigenvalue weighted by molar-refractivity contribution is 5.55. The molecule has 18 heavy (non-hydrogen) atoms. The third-order valence-corrected chi connectivity index (χ3v) is 3.70. The topological polar surface area (TPSA) is 47.6 Å². The number of nitrogens with one attached hydrogen (secondary N) is 1. The van der Waals surface area contributed by atoms with Crippen molar-refractivity contribution in [1.82, 2.24) is 5.32 Å². The van der Waals surface area contributed by atoms with E-state index in [1.54, 1.807) is 0 Å². The van der Waals surface area contributed by atoms with Gasteiger partial charge in [-0.15, -0.1) is 0 Å². The molecule has 0 aliphatic carbocycles. The summed E-state index contributed by atoms with van der Waals surface area (Å²) >= 11 is 0. The number of aldehydes is 1. The normalized spacial score (nSPS) is 26.0. The molecule has 2 atom stereocenters. The highest BCUT2D eigenvalue weighted by atomic mass is 16.7. The van der Waals surface area contributed by atoms with E-state index in [4.69, 9.17) is 9.47 Å². The van der Waals surface area contributed by atoms with Gasteiger partial charge in [0.2, 0.25) is 6.79 Å². The maximum atomic E-state index is 11.1. The second-order valence-corrected chi connectivity index (χ2v) is 4.89. The number of carbonyl (C=O) groups excluding carboxylic acids is 1. The monoisotopic (exact) mass is 247 g/mol. The summed E-state index contributed by atoms with van der Waals surface area (Å²) in [6, 6.07) is 6.25. The Morgan fingerprint density at radius 2 is 2.22 bits per heavy atom. The van der Waals surface area contributed by atoms with Gasteiger partial charge >= 0.3 is 0 Å². The Balaban J connectivity index is 1.73. The molecule has 1 N–H and O–H groups in total. The Hall–Kier alpha value is -1.55. The molecule has 2 heterocycles. The van der Waals surface area contributed by atoms with Crippen LogP contribution >= 0.6 is 0 Å². The van der Waals surface area contributed by atoms with Crippen molar-refractivity contribution >= 4 is 6.29 Å². The molecule has 2 aliphatic rings. The van der Waals surface area contributed by atoms with E-state index in [1.165, 1.54) is 5.56 Å². The molecular weight excluding hydrogens is 230 g/mol. The maximum absolute atomic E-state index is 11.1. The van der Waals surface area contributed by atoms with Crippen LogP contribution in [0.15, 0.2) is 18.2 Å². The lowest BCUT2D eigenvalue weighted by molar-refractivity contribution is -0.112. The van der Waals surface area contributed by atoms with Crippen molar-refractivity contribution < 1.29 is 14.3 Å². The van der Waals surface area contributed by atoms with Crippen molar-refractivity contribution in [2.75, 3.05) is 13.3 Å². The van der Waals surface area contributed by atoms with Crippen LogP contribution in [0.5, 0.6) is 11.5 Å². The molecule has 1 aromatic rings. The van der Waals surface area contributed by atoms with Crippen molar-refractivity contribution in [3.8, 4) is 11.5 Å². The molecule has 1 saturated heterocycles. The summed E-state index contributed by atoms with van der Waals surface area (Å²) in [4.78, 5) is 11.1. The van der Waals surface area contributed by atoms with Gasteiger partial charge in [0.05, 0.1) is 0 Å². The number of rotatable bonds is 3. The van der Waals surface area contributed by atoms with Crippen molar-refractivity contribution in [1.29, 1.82) is 0 Å². The highest BCUT2D eigenvalue weighted by Crippen LogP contribution is 2.33. The van der Waals surface area contributed by atoms with Crippen molar-refractivity contribution in [2.24, 2.45) is 5.92 Å². The predicted octanol–water partition coefficient (Wildman–Crippen LogP) is 1.52. The van der Waals surface area contributed by atoms with Crippen LogP contribution in [0.1, 0.15) is 18.4 Å². The first-order chi connectivity index (χ1) is 8.86. The Kier molecular flexibility index (Phi) is 3.19. The molecule has 4 nitrogen and oxygen atoms in total. The molecule has 3 rings (SSSR count). The third kappa shape index (κ3) is 2.20. The number of fused-ring (bicyclic) bond motifs is 1. The van der Waals surface area contributed by atoms with Crippen molar-refractivity contribution in [2.45, 2.75) is 25.3 Å². The van der Waals surface area contributed by atoms with Crippen molar-refractivity contribution in [3.63, 3.8) is 0 Å². The van der Waals surface area contributed by atoms with Crippen LogP contribution < -0.4 is 14.8 Å². The standard InChI is InChI=1S/C14H17NO3/c16-8-11-2-1-5-15-12(11)6-10-3-4-13-14(7-10)18-9-17-13/h3-4,7-8,11-12,15H,1-2,5-6,9H2. The van der Waals surface area contributed by atoms with E-state index in [0.29, 0.717) is 6.79 Å². The summed E-state index contributed by atoms with van der Waals surface area (Å²) in [5.74, 6) is 1.75. The first kappa shape index (κ1) is 11.5. The Bertz CT molecular complexity index is 447. The second-order valence-electron chi connectivity index (χ2n) is 4.89. The van der Waals surface area contributed by atoms with Crippen LogP contribution in [0.25, 0.3) is 0 Å². The lowest BCUT2D eigenvalue weighted by Gasteiger charge is -2.29. The van der Waals surface area contributed by atoms with Crippen LogP contribution in [-0.4, -0.2) is 25.7 Å². The van der Waals surface area contributed by atoms with E-state index < -0.39 is 0 Å². The largest absolute Gasteiger partial charge is 0.454 e. The molecule has 2 aliphatic heterocycles. The molecule has 1 aromatic carbocycles. The lowest BCUT2D eigenvalue weighted by Crippen LogP contribution is -2.43. The first-order valence-corrected chi connectivity index (χ1v) is 6.44. The Labute approximate surface area is 106 Å². The van der Waals surface area contributed by atoms with Crippen LogP contribution in [0, 0.1) is 5.92 Å². The minimum absolute atomic E-state index is 0.129. The fourth-order valence-electron chi connectivity index (χ4n) is 2.69. The number of hydrogen-bond donors (Lipinski definition) is 1. The molecule has 1 fully saturated rings. The predicted molar refractivity (Wildman–Crippen MR) is 66.8 cm³/mol. The number of ether oxygens (including phenoxy) is 2. The average Bonchev–Trinajstić information content (AvgIpc) is 2.87. The molecule has 0 spiro atoms. The van der Waals surface area contributed by atoms with Gasteiger partial charge in [0, 0.05) is 12.0 Å². The molecule has 0 radical (unpaired) electrons. The van der Waals surface area contributed by atoms with Gasteiger partial charge in [-0.05, 0) is 43.5 Å². The summed E-state index contributed by atoms with van der Waals surface area (Å²) in [6.45, 7) is 1.30. The first-order valence-electron chi connectivity index (χ1n) is 6.44. The van der Waals surface area contributed by atoms with Crippen LogP contribution in [0.4, 0.5) is 0 Å². The molecule has 0 aromatic heterocycles. The van der Waals surface area contributed by atoms with E-state index in [-0.39, 0.29) is 12.0 Å². The van der Waals surface area contributed by atoms with Gasteiger partial charge in [-0.1, -0.05) is 6.07 Å². The lowest BCUT2D eigenvalue weighted by atomic mass is 9.88. The number of carbonyl (C=O) groups is 1. The Morgan fingerprint density at radius 1 is 1.33 bits per heavy atom. The fourth-order valence-corrected chi connectivity index (χ4v) is 2.69. The van der Waals surface area contributed by atoms with Crippen LogP contribution in [-0.2, 0) is 11.2 Å². The smallest absolute Gasteiger partial charge is 0.231 e. The van der Waals surface area contributed by atoms with Crippen molar-refractivity contribution in [3.05, 3.63) is 23.8 Å². The minimum atomic E-state index is 0.129. The zero-order valence-corrected chi connectivity index (χ0v) is 10.2. The summed E-state index contributed by atoms with van der Waals surface area (Å²) < 4.78 is 10.7. The minimum Gasteiger partial charge on any atom is -0.454 e. The number of hydrogen-bond acceptors (Lipinski definition) is 4. The van der Waals surface area contributed by atoms with Gasteiger partial charge in [0.25, 0.3) is 0 Å². The van der Waals surface area contributed by atoms with Gasteiger partial charge in [-0.3, -0.25) is 0 Å². The zero-order valence-electron chi connectivity index (χ0n) is 10.2. The van der Waals surface area contributed by atoms with Crippen LogP contribution in [0.2, 0.25) is 0 Å². The molecule has 0 bridgehead atoms. The van der Waals surface area contributed by atoms with Crippen LogP contribution in [0.3, 0.4) is 0 Å². The van der Waals surface area contributed by atoms with Gasteiger partial charge in [-0.2, -0.15) is 0 Å². The maximum Gasteiger partial charge on any atom is 0.231 e. The summed E-state index contributed by atoms with van der Waals surface area (Å²) in [5, 5.41) is 3.43. The average molecular weight is 247 g/mol. The molecule has 2 unspecified atom stereocenters. The van der Waals surface area contributed by atoms with E-state index in [0.717, 1.165) is 43.6 Å². The second kappa shape index (κ2) is 4.98. The molecule has 0 amide bonds. The molecule has 4 heteroatoms. The molecule has 96 valence electrons. The number of benzene rings is 1. The highest BCUT2D eigenvalue weighted by Gasteiger charge is 2.25.